The van der Waals surface area contributed by atoms with Crippen molar-refractivity contribution in [1.82, 2.24) is 24.5 Å². The number of aromatic nitrogens is 4. The highest BCUT2D eigenvalue weighted by molar-refractivity contribution is 5.73. The fourth-order valence-electron chi connectivity index (χ4n) is 7.10. The summed E-state index contributed by atoms with van der Waals surface area (Å²) >= 11 is 0. The summed E-state index contributed by atoms with van der Waals surface area (Å²) in [5.74, 6) is -1.08. The van der Waals surface area contributed by atoms with E-state index in [1.54, 1.807) is 43.5 Å². The Labute approximate surface area is 248 Å². The molecule has 0 unspecified atom stereocenters. The standard InChI is InChI=1S/C32H36F3N7O/c1-18-12-20(13-26(36)30(18)41(3)19(2)43)23-8-11-37-17-28(23)39-31-38-16-22-6-7-27(40-42(22)31)29-24(33)14-21(15-25(29)34)32(35)9-4-5-10-32/h6-8,11,14-18,20,26,30H,4-5,9-10,12-13,36H2,1-3H3,(H,38,39)/t18-,20+,26+,30-/m0/s1. The monoisotopic (exact) mass is 591 g/mol. The van der Waals surface area contributed by atoms with E-state index in [0.717, 1.165) is 29.8 Å². The summed E-state index contributed by atoms with van der Waals surface area (Å²) in [6.07, 6.45) is 8.47. The third kappa shape index (κ3) is 5.35. The maximum absolute atomic E-state index is 15.3. The van der Waals surface area contributed by atoms with Gasteiger partial charge in [0, 0.05) is 32.3 Å². The third-order valence-electron chi connectivity index (χ3n) is 9.32. The molecule has 2 aliphatic rings. The summed E-state index contributed by atoms with van der Waals surface area (Å²) < 4.78 is 47.4. The molecule has 0 radical (unpaired) electrons. The van der Waals surface area contributed by atoms with E-state index >= 15 is 13.2 Å². The van der Waals surface area contributed by atoms with Gasteiger partial charge in [0.2, 0.25) is 11.9 Å². The first-order valence-electron chi connectivity index (χ1n) is 14.8. The number of halogens is 3. The summed E-state index contributed by atoms with van der Waals surface area (Å²) in [5.41, 5.74) is 7.03. The molecule has 0 saturated heterocycles. The Morgan fingerprint density at radius 2 is 1.84 bits per heavy atom. The molecule has 2 saturated carbocycles. The van der Waals surface area contributed by atoms with Crippen LogP contribution in [0.2, 0.25) is 0 Å². The molecule has 3 aromatic heterocycles. The van der Waals surface area contributed by atoms with Gasteiger partial charge in [0.15, 0.2) is 0 Å². The first kappa shape index (κ1) is 29.1. The summed E-state index contributed by atoms with van der Waals surface area (Å²) in [6, 6.07) is 7.10. The lowest BCUT2D eigenvalue weighted by atomic mass is 9.73. The van der Waals surface area contributed by atoms with Crippen LogP contribution in [0.5, 0.6) is 0 Å². The molecular weight excluding hydrogens is 555 g/mol. The fraction of sp³-hybridized carbons (Fsp3) is 0.438. The van der Waals surface area contributed by atoms with Crippen molar-refractivity contribution in [2.45, 2.75) is 76.0 Å². The highest BCUT2D eigenvalue weighted by atomic mass is 19.1. The van der Waals surface area contributed by atoms with Gasteiger partial charge in [0.25, 0.3) is 0 Å². The predicted octanol–water partition coefficient (Wildman–Crippen LogP) is 6.24. The maximum atomic E-state index is 15.3. The smallest absolute Gasteiger partial charge is 0.229 e. The number of amides is 1. The van der Waals surface area contributed by atoms with Gasteiger partial charge in [-0.1, -0.05) is 6.92 Å². The molecule has 8 nitrogen and oxygen atoms in total. The first-order chi connectivity index (χ1) is 20.6. The van der Waals surface area contributed by atoms with Gasteiger partial charge in [-0.05, 0) is 91.8 Å². The number of carbonyl (C=O) groups is 1. The van der Waals surface area contributed by atoms with Gasteiger partial charge in [-0.3, -0.25) is 9.78 Å². The van der Waals surface area contributed by atoms with Crippen LogP contribution in [0, 0.1) is 17.6 Å². The Kier molecular flexibility index (Phi) is 7.62. The molecule has 0 spiro atoms. The number of rotatable bonds is 6. The summed E-state index contributed by atoms with van der Waals surface area (Å²) in [7, 11) is 1.80. The molecule has 2 fully saturated rings. The van der Waals surface area contributed by atoms with Crippen LogP contribution in [-0.4, -0.2) is 49.5 Å². The zero-order valence-corrected chi connectivity index (χ0v) is 24.5. The third-order valence-corrected chi connectivity index (χ3v) is 9.32. The molecule has 4 atom stereocenters. The van der Waals surface area contributed by atoms with Gasteiger partial charge in [-0.25, -0.2) is 18.2 Å². The van der Waals surface area contributed by atoms with Crippen LogP contribution < -0.4 is 11.1 Å². The number of hydrogen-bond donors (Lipinski definition) is 2. The number of likely N-dealkylation sites (N-methyl/N-ethyl adjacent to an activating group) is 1. The number of benzene rings is 1. The van der Waals surface area contributed by atoms with Crippen molar-refractivity contribution >= 4 is 23.1 Å². The molecule has 3 N–H and O–H groups in total. The lowest BCUT2D eigenvalue weighted by Gasteiger charge is -2.43. The number of fused-ring (bicyclic) bond motifs is 1. The zero-order valence-electron chi connectivity index (χ0n) is 24.5. The minimum Gasteiger partial charge on any atom is -0.341 e. The maximum Gasteiger partial charge on any atom is 0.229 e. The van der Waals surface area contributed by atoms with Crippen LogP contribution in [0.15, 0.2) is 48.9 Å². The summed E-state index contributed by atoms with van der Waals surface area (Å²) in [4.78, 5) is 22.6. The van der Waals surface area contributed by atoms with Crippen molar-refractivity contribution in [2.75, 3.05) is 12.4 Å². The second-order valence-corrected chi connectivity index (χ2v) is 12.1. The molecule has 4 aromatic rings. The van der Waals surface area contributed by atoms with E-state index in [0.29, 0.717) is 30.7 Å². The van der Waals surface area contributed by atoms with Gasteiger partial charge in [-0.2, -0.15) is 9.61 Å². The van der Waals surface area contributed by atoms with E-state index in [1.165, 1.54) is 10.6 Å². The number of nitrogens with two attached hydrogens (primary N) is 1. The average molecular weight is 592 g/mol. The van der Waals surface area contributed by atoms with Crippen LogP contribution >= 0.6 is 0 Å². The predicted molar refractivity (Wildman–Crippen MR) is 158 cm³/mol. The number of carbonyl (C=O) groups excluding carboxylic acids is 1. The van der Waals surface area contributed by atoms with Crippen molar-refractivity contribution in [3.05, 3.63) is 71.7 Å². The van der Waals surface area contributed by atoms with E-state index in [2.05, 4.69) is 27.3 Å². The van der Waals surface area contributed by atoms with Crippen LogP contribution in [-0.2, 0) is 10.5 Å². The average Bonchev–Trinajstić information content (AvgIpc) is 3.59. The minimum atomic E-state index is -1.70. The molecule has 6 rings (SSSR count). The van der Waals surface area contributed by atoms with Gasteiger partial charge >= 0.3 is 0 Å². The topological polar surface area (TPSA) is 101 Å². The van der Waals surface area contributed by atoms with E-state index in [4.69, 9.17) is 5.73 Å². The van der Waals surface area contributed by atoms with Crippen molar-refractivity contribution < 1.29 is 18.0 Å². The molecule has 0 bridgehead atoms. The Hall–Kier alpha value is -3.99. The van der Waals surface area contributed by atoms with Gasteiger partial charge < -0.3 is 16.0 Å². The molecule has 1 aromatic carbocycles. The Morgan fingerprint density at radius 3 is 2.51 bits per heavy atom. The van der Waals surface area contributed by atoms with Gasteiger partial charge in [0.1, 0.15) is 17.3 Å². The number of anilines is 2. The van der Waals surface area contributed by atoms with Crippen LogP contribution in [0.25, 0.3) is 16.8 Å². The minimum absolute atomic E-state index is 0.00841. The van der Waals surface area contributed by atoms with Crippen molar-refractivity contribution in [2.24, 2.45) is 11.7 Å². The van der Waals surface area contributed by atoms with E-state index in [-0.39, 0.29) is 59.5 Å². The highest BCUT2D eigenvalue weighted by Gasteiger charge is 2.39. The van der Waals surface area contributed by atoms with E-state index in [9.17, 15) is 4.79 Å². The number of imidazole rings is 1. The first-order valence-corrected chi connectivity index (χ1v) is 14.8. The van der Waals surface area contributed by atoms with Crippen LogP contribution in [0.1, 0.15) is 69.4 Å². The van der Waals surface area contributed by atoms with Crippen molar-refractivity contribution in [3.63, 3.8) is 0 Å². The summed E-state index contributed by atoms with van der Waals surface area (Å²) in [5, 5.41) is 7.84. The molecule has 11 heteroatoms. The fourth-order valence-corrected chi connectivity index (χ4v) is 7.10. The zero-order chi connectivity index (χ0) is 30.5. The van der Waals surface area contributed by atoms with Crippen LogP contribution in [0.3, 0.4) is 0 Å². The molecule has 3 heterocycles. The molecule has 43 heavy (non-hydrogen) atoms. The molecule has 1 amide bonds. The number of hydrogen-bond acceptors (Lipinski definition) is 6. The molecule has 226 valence electrons. The second-order valence-electron chi connectivity index (χ2n) is 12.1. The Balaban J connectivity index is 1.30. The molecular formula is C32H36F3N7O. The molecule has 0 aliphatic heterocycles. The largest absolute Gasteiger partial charge is 0.341 e. The summed E-state index contributed by atoms with van der Waals surface area (Å²) in [6.45, 7) is 3.67. The normalized spacial score (nSPS) is 23.4. The Morgan fingerprint density at radius 1 is 1.12 bits per heavy atom. The van der Waals surface area contributed by atoms with Crippen molar-refractivity contribution in [1.29, 1.82) is 0 Å². The highest BCUT2D eigenvalue weighted by Crippen LogP contribution is 2.44. The van der Waals surface area contributed by atoms with Gasteiger partial charge in [0.05, 0.1) is 34.9 Å². The van der Waals surface area contributed by atoms with E-state index < -0.39 is 17.3 Å². The lowest BCUT2D eigenvalue weighted by Crippen LogP contribution is -2.54. The number of nitrogens with zero attached hydrogens (tertiary/aromatic N) is 5. The number of nitrogens with one attached hydrogen (secondary N) is 1. The number of alkyl halides is 1. The van der Waals surface area contributed by atoms with Crippen molar-refractivity contribution in [3.8, 4) is 11.3 Å². The lowest BCUT2D eigenvalue weighted by molar-refractivity contribution is -0.131. The quantitative estimate of drug-likeness (QED) is 0.275. The van der Waals surface area contributed by atoms with E-state index in [1.807, 2.05) is 6.07 Å². The van der Waals surface area contributed by atoms with Crippen LogP contribution in [0.4, 0.5) is 24.8 Å². The molecule has 2 aliphatic carbocycles. The second kappa shape index (κ2) is 11.3. The number of pyridine rings is 1. The van der Waals surface area contributed by atoms with Gasteiger partial charge in [-0.15, -0.1) is 0 Å². The Bertz CT molecular complexity index is 1630. The SMILES string of the molecule is CC(=O)N(C)[C@@H]1[C@H](N)C[C@H](c2ccncc2Nc2ncc3ccc(-c4c(F)cc(C5(F)CCCC5)cc4F)nn23)C[C@@H]1C.